The lowest BCUT2D eigenvalue weighted by atomic mass is 9.95. The van der Waals surface area contributed by atoms with Gasteiger partial charge in [-0.15, -0.1) is 0 Å². The van der Waals surface area contributed by atoms with E-state index in [2.05, 4.69) is 25.2 Å². The minimum Gasteiger partial charge on any atom is -0.491 e. The lowest BCUT2D eigenvalue weighted by Crippen LogP contribution is -2.48. The summed E-state index contributed by atoms with van der Waals surface area (Å²) in [6.45, 7) is 3.33. The molecule has 0 unspecified atom stereocenters. The predicted octanol–water partition coefficient (Wildman–Crippen LogP) is 3.52. The van der Waals surface area contributed by atoms with E-state index < -0.39 is 11.9 Å². The van der Waals surface area contributed by atoms with E-state index in [1.807, 2.05) is 30.5 Å². The van der Waals surface area contributed by atoms with E-state index in [1.54, 1.807) is 0 Å². The third kappa shape index (κ3) is 3.84. The van der Waals surface area contributed by atoms with Crippen molar-refractivity contribution in [2.24, 2.45) is 0 Å². The van der Waals surface area contributed by atoms with Crippen LogP contribution < -0.4 is 10.1 Å². The number of benzene rings is 1. The van der Waals surface area contributed by atoms with Crippen molar-refractivity contribution in [3.05, 3.63) is 54.1 Å². The Balaban J connectivity index is 1.52. The molecule has 2 aliphatic rings. The number of halogens is 3. The molecule has 2 aromatic heterocycles. The average molecular weight is 431 g/mol. The molecule has 2 N–H and O–H groups in total. The van der Waals surface area contributed by atoms with Crippen LogP contribution >= 0.6 is 0 Å². The standard InChI is InChI=1S/C21H20F3N5O2/c22-21(23,24)18-9-14-19(26-12-27-20(14)28-18)25-10-15-13-3-1-2-4-17(13)31-11-16(15)29-5-7-30-8-6-29/h1-4,9-10,12,16H,5-8,11H2,(H2,25,26,27,28)/b15-10-/t16-/m0/s1. The van der Waals surface area contributed by atoms with Crippen LogP contribution in [0, 0.1) is 0 Å². The second-order valence-corrected chi connectivity index (χ2v) is 7.38. The second-order valence-electron chi connectivity index (χ2n) is 7.38. The molecule has 0 saturated carbocycles. The second kappa shape index (κ2) is 7.86. The van der Waals surface area contributed by atoms with Crippen LogP contribution in [0.4, 0.5) is 19.0 Å². The Morgan fingerprint density at radius 2 is 1.97 bits per heavy atom. The fraction of sp³-hybridized carbons (Fsp3) is 0.333. The van der Waals surface area contributed by atoms with Crippen LogP contribution in [0.1, 0.15) is 11.3 Å². The lowest BCUT2D eigenvalue weighted by molar-refractivity contribution is -0.140. The maximum atomic E-state index is 13.1. The van der Waals surface area contributed by atoms with Gasteiger partial charge < -0.3 is 19.8 Å². The molecule has 1 aromatic carbocycles. The van der Waals surface area contributed by atoms with Gasteiger partial charge >= 0.3 is 6.18 Å². The topological polar surface area (TPSA) is 75.3 Å². The van der Waals surface area contributed by atoms with E-state index in [4.69, 9.17) is 9.47 Å². The molecule has 1 atom stereocenters. The number of nitrogens with zero attached hydrogens (tertiary/aromatic N) is 3. The summed E-state index contributed by atoms with van der Waals surface area (Å²) in [5, 5.41) is 3.39. The van der Waals surface area contributed by atoms with Crippen LogP contribution in [-0.4, -0.2) is 58.8 Å². The number of aromatic amines is 1. The highest BCUT2D eigenvalue weighted by Crippen LogP contribution is 2.36. The monoisotopic (exact) mass is 431 g/mol. The summed E-state index contributed by atoms with van der Waals surface area (Å²) in [5.41, 5.74) is 1.19. The summed E-state index contributed by atoms with van der Waals surface area (Å²) in [5.74, 6) is 1.07. The minimum absolute atomic E-state index is 0.0133. The molecule has 1 fully saturated rings. The third-order valence-electron chi connectivity index (χ3n) is 5.54. The Labute approximate surface area is 175 Å². The van der Waals surface area contributed by atoms with Crippen molar-refractivity contribution >= 4 is 22.4 Å². The number of alkyl halides is 3. The van der Waals surface area contributed by atoms with Crippen LogP contribution in [0.3, 0.4) is 0 Å². The fourth-order valence-corrected chi connectivity index (χ4v) is 3.99. The Bertz CT molecular complexity index is 1120. The highest BCUT2D eigenvalue weighted by molar-refractivity contribution is 5.89. The summed E-state index contributed by atoms with van der Waals surface area (Å²) in [6.07, 6.45) is -1.45. The largest absolute Gasteiger partial charge is 0.491 e. The van der Waals surface area contributed by atoms with Gasteiger partial charge in [0.25, 0.3) is 0 Å². The number of anilines is 1. The maximum absolute atomic E-state index is 13.1. The summed E-state index contributed by atoms with van der Waals surface area (Å²) < 4.78 is 50.8. The summed E-state index contributed by atoms with van der Waals surface area (Å²) in [7, 11) is 0. The van der Waals surface area contributed by atoms with E-state index in [1.165, 1.54) is 6.33 Å². The number of fused-ring (bicyclic) bond motifs is 2. The molecule has 162 valence electrons. The van der Waals surface area contributed by atoms with Crippen molar-refractivity contribution in [3.8, 4) is 5.75 Å². The lowest BCUT2D eigenvalue weighted by Gasteiger charge is -2.38. The average Bonchev–Trinajstić information content (AvgIpc) is 3.24. The Kier molecular flexibility index (Phi) is 5.03. The molecule has 2 aliphatic heterocycles. The Morgan fingerprint density at radius 3 is 2.77 bits per heavy atom. The summed E-state index contributed by atoms with van der Waals surface area (Å²) in [4.78, 5) is 12.7. The number of morpholine rings is 1. The first-order valence-electron chi connectivity index (χ1n) is 9.92. The first-order chi connectivity index (χ1) is 15.0. The van der Waals surface area contributed by atoms with E-state index in [9.17, 15) is 13.2 Å². The quantitative estimate of drug-likeness (QED) is 0.661. The van der Waals surface area contributed by atoms with Crippen molar-refractivity contribution in [2.75, 3.05) is 38.2 Å². The third-order valence-corrected chi connectivity index (χ3v) is 5.54. The van der Waals surface area contributed by atoms with Gasteiger partial charge in [-0.05, 0) is 17.7 Å². The van der Waals surface area contributed by atoms with Crippen LogP contribution in [0.5, 0.6) is 5.75 Å². The highest BCUT2D eigenvalue weighted by Gasteiger charge is 2.34. The molecule has 0 aliphatic carbocycles. The predicted molar refractivity (Wildman–Crippen MR) is 109 cm³/mol. The molecule has 0 spiro atoms. The van der Waals surface area contributed by atoms with Gasteiger partial charge in [-0.3, -0.25) is 4.90 Å². The molecule has 10 heteroatoms. The van der Waals surface area contributed by atoms with E-state index in [-0.39, 0.29) is 17.1 Å². The van der Waals surface area contributed by atoms with E-state index >= 15 is 0 Å². The minimum atomic E-state index is -4.49. The van der Waals surface area contributed by atoms with Gasteiger partial charge in [0, 0.05) is 24.9 Å². The first-order valence-corrected chi connectivity index (χ1v) is 9.92. The van der Waals surface area contributed by atoms with Gasteiger partial charge in [0.05, 0.1) is 24.6 Å². The molecular formula is C21H20F3N5O2. The summed E-state index contributed by atoms with van der Waals surface area (Å²) in [6, 6.07) is 8.73. The normalized spacial score (nSPS) is 21.1. The van der Waals surface area contributed by atoms with Gasteiger partial charge in [0.15, 0.2) is 0 Å². The molecule has 4 heterocycles. The molecule has 5 rings (SSSR count). The Morgan fingerprint density at radius 1 is 1.16 bits per heavy atom. The van der Waals surface area contributed by atoms with Crippen molar-refractivity contribution in [1.82, 2.24) is 19.9 Å². The zero-order chi connectivity index (χ0) is 21.4. The van der Waals surface area contributed by atoms with Crippen LogP contribution in [0.2, 0.25) is 0 Å². The first kappa shape index (κ1) is 19.8. The summed E-state index contributed by atoms with van der Waals surface area (Å²) >= 11 is 0. The number of H-pyrrole nitrogens is 1. The van der Waals surface area contributed by atoms with Crippen molar-refractivity contribution < 1.29 is 22.6 Å². The van der Waals surface area contributed by atoms with Gasteiger partial charge in [0.1, 0.15) is 35.8 Å². The van der Waals surface area contributed by atoms with Crippen molar-refractivity contribution in [2.45, 2.75) is 12.2 Å². The highest BCUT2D eigenvalue weighted by atomic mass is 19.4. The molecule has 1 saturated heterocycles. The van der Waals surface area contributed by atoms with Gasteiger partial charge in [0.2, 0.25) is 0 Å². The van der Waals surface area contributed by atoms with E-state index in [0.717, 1.165) is 36.0 Å². The zero-order valence-electron chi connectivity index (χ0n) is 16.4. The Hall–Kier alpha value is -3.11. The van der Waals surface area contributed by atoms with Crippen molar-refractivity contribution in [3.63, 3.8) is 0 Å². The van der Waals surface area contributed by atoms with Crippen LogP contribution in [-0.2, 0) is 10.9 Å². The smallest absolute Gasteiger partial charge is 0.431 e. The zero-order valence-corrected chi connectivity index (χ0v) is 16.4. The molecular weight excluding hydrogens is 411 g/mol. The molecule has 0 bridgehead atoms. The molecule has 7 nitrogen and oxygen atoms in total. The van der Waals surface area contributed by atoms with Gasteiger partial charge in [-0.1, -0.05) is 18.2 Å². The number of rotatable bonds is 3. The number of hydrogen-bond acceptors (Lipinski definition) is 6. The van der Waals surface area contributed by atoms with Crippen LogP contribution in [0.25, 0.3) is 16.6 Å². The number of para-hydroxylation sites is 1. The van der Waals surface area contributed by atoms with Crippen LogP contribution in [0.15, 0.2) is 42.9 Å². The van der Waals surface area contributed by atoms with E-state index in [0.29, 0.717) is 25.6 Å². The number of aromatic nitrogens is 3. The van der Waals surface area contributed by atoms with Crippen molar-refractivity contribution in [1.29, 1.82) is 0 Å². The molecule has 31 heavy (non-hydrogen) atoms. The number of ether oxygens (including phenoxy) is 2. The fourth-order valence-electron chi connectivity index (χ4n) is 3.99. The molecule has 0 amide bonds. The van der Waals surface area contributed by atoms with Gasteiger partial charge in [-0.2, -0.15) is 13.2 Å². The molecule has 0 radical (unpaired) electrons. The van der Waals surface area contributed by atoms with Gasteiger partial charge in [-0.25, -0.2) is 9.97 Å². The number of nitrogens with one attached hydrogen (secondary N) is 2. The molecule has 3 aromatic rings. The maximum Gasteiger partial charge on any atom is 0.431 e. The SMILES string of the molecule is FC(F)(F)c1cc2c(N/C=C3/c4ccccc4OC[C@@H]3N3CCOCC3)ncnc2[nH]1. The number of hydrogen-bond donors (Lipinski definition) is 2.